The van der Waals surface area contributed by atoms with Crippen molar-refractivity contribution in [2.24, 2.45) is 0 Å². The molecular formula is C13H23N3O3. The minimum atomic E-state index is -0.896. The number of ether oxygens (including phenoxy) is 2. The third-order valence-corrected chi connectivity index (χ3v) is 3.55. The van der Waals surface area contributed by atoms with Crippen LogP contribution >= 0.6 is 0 Å². The first-order valence-electron chi connectivity index (χ1n) is 6.62. The SMILES string of the molecule is COc1cnn(CCN(C)C)c1C1(O)CCOCC1. The van der Waals surface area contributed by atoms with E-state index in [0.29, 0.717) is 31.8 Å². The highest BCUT2D eigenvalue weighted by Crippen LogP contribution is 2.37. The molecule has 0 aliphatic carbocycles. The maximum atomic E-state index is 10.9. The topological polar surface area (TPSA) is 59.8 Å². The van der Waals surface area contributed by atoms with Crippen molar-refractivity contribution >= 4 is 0 Å². The summed E-state index contributed by atoms with van der Waals surface area (Å²) < 4.78 is 12.5. The van der Waals surface area contributed by atoms with E-state index in [0.717, 1.165) is 18.8 Å². The maximum absolute atomic E-state index is 10.9. The van der Waals surface area contributed by atoms with E-state index in [1.54, 1.807) is 13.3 Å². The van der Waals surface area contributed by atoms with Crippen molar-refractivity contribution < 1.29 is 14.6 Å². The molecule has 0 amide bonds. The van der Waals surface area contributed by atoms with E-state index in [1.165, 1.54) is 0 Å². The molecule has 19 heavy (non-hydrogen) atoms. The Morgan fingerprint density at radius 1 is 1.47 bits per heavy atom. The minimum absolute atomic E-state index is 0.568. The van der Waals surface area contributed by atoms with Crippen LogP contribution in [0.4, 0.5) is 0 Å². The van der Waals surface area contributed by atoms with Crippen molar-refractivity contribution in [3.8, 4) is 5.75 Å². The molecule has 108 valence electrons. The first-order chi connectivity index (χ1) is 9.07. The van der Waals surface area contributed by atoms with Crippen molar-refractivity contribution in [1.82, 2.24) is 14.7 Å². The molecule has 1 aromatic heterocycles. The lowest BCUT2D eigenvalue weighted by Crippen LogP contribution is -2.36. The highest BCUT2D eigenvalue weighted by Gasteiger charge is 2.38. The van der Waals surface area contributed by atoms with Crippen molar-refractivity contribution in [1.29, 1.82) is 0 Å². The summed E-state index contributed by atoms with van der Waals surface area (Å²) in [6, 6.07) is 0. The van der Waals surface area contributed by atoms with Crippen LogP contribution in [0.25, 0.3) is 0 Å². The monoisotopic (exact) mass is 269 g/mol. The van der Waals surface area contributed by atoms with Crippen LogP contribution in [0.3, 0.4) is 0 Å². The predicted molar refractivity (Wildman–Crippen MR) is 71.3 cm³/mol. The minimum Gasteiger partial charge on any atom is -0.493 e. The van der Waals surface area contributed by atoms with Gasteiger partial charge < -0.3 is 19.5 Å². The summed E-state index contributed by atoms with van der Waals surface area (Å²) in [6.07, 6.45) is 2.84. The van der Waals surface area contributed by atoms with E-state index < -0.39 is 5.60 Å². The molecule has 2 heterocycles. The van der Waals surface area contributed by atoms with Crippen LogP contribution in [0.1, 0.15) is 18.5 Å². The van der Waals surface area contributed by atoms with Gasteiger partial charge in [-0.05, 0) is 14.1 Å². The Morgan fingerprint density at radius 2 is 2.16 bits per heavy atom. The van der Waals surface area contributed by atoms with Gasteiger partial charge in [0.05, 0.1) is 19.9 Å². The lowest BCUT2D eigenvalue weighted by molar-refractivity contribution is -0.0742. The van der Waals surface area contributed by atoms with Crippen LogP contribution in [-0.2, 0) is 16.9 Å². The van der Waals surface area contributed by atoms with E-state index in [9.17, 15) is 5.11 Å². The largest absolute Gasteiger partial charge is 0.493 e. The van der Waals surface area contributed by atoms with Gasteiger partial charge in [0.2, 0.25) is 0 Å². The molecule has 1 aromatic rings. The summed E-state index contributed by atoms with van der Waals surface area (Å²) >= 11 is 0. The van der Waals surface area contributed by atoms with E-state index in [2.05, 4.69) is 10.00 Å². The van der Waals surface area contributed by atoms with Gasteiger partial charge in [0.25, 0.3) is 0 Å². The average Bonchev–Trinajstić information content (AvgIpc) is 2.81. The molecule has 6 nitrogen and oxygen atoms in total. The van der Waals surface area contributed by atoms with Crippen LogP contribution < -0.4 is 4.74 Å². The van der Waals surface area contributed by atoms with Crippen molar-refractivity contribution in [3.63, 3.8) is 0 Å². The van der Waals surface area contributed by atoms with Crippen molar-refractivity contribution in [2.45, 2.75) is 25.0 Å². The zero-order valence-electron chi connectivity index (χ0n) is 11.9. The zero-order valence-corrected chi connectivity index (χ0v) is 11.9. The molecule has 0 aromatic carbocycles. The Labute approximate surface area is 113 Å². The molecular weight excluding hydrogens is 246 g/mol. The summed E-state index contributed by atoms with van der Waals surface area (Å²) in [4.78, 5) is 2.09. The fourth-order valence-electron chi connectivity index (χ4n) is 2.40. The molecule has 2 rings (SSSR count). The number of methoxy groups -OCH3 is 1. The van der Waals surface area contributed by atoms with Gasteiger partial charge in [-0.2, -0.15) is 5.10 Å². The van der Waals surface area contributed by atoms with Gasteiger partial charge in [0, 0.05) is 32.6 Å². The Kier molecular flexibility index (Phi) is 4.44. The lowest BCUT2D eigenvalue weighted by atomic mass is 9.90. The quantitative estimate of drug-likeness (QED) is 0.841. The van der Waals surface area contributed by atoms with E-state index in [4.69, 9.17) is 9.47 Å². The highest BCUT2D eigenvalue weighted by molar-refractivity contribution is 5.31. The zero-order chi connectivity index (χ0) is 13.9. The Balaban J connectivity index is 2.27. The van der Waals surface area contributed by atoms with Gasteiger partial charge in [-0.1, -0.05) is 0 Å². The summed E-state index contributed by atoms with van der Waals surface area (Å²) in [6.45, 7) is 2.73. The Morgan fingerprint density at radius 3 is 2.74 bits per heavy atom. The average molecular weight is 269 g/mol. The van der Waals surface area contributed by atoms with Crippen LogP contribution in [0.15, 0.2) is 6.20 Å². The third kappa shape index (κ3) is 3.08. The summed E-state index contributed by atoms with van der Waals surface area (Å²) in [5.74, 6) is 0.656. The maximum Gasteiger partial charge on any atom is 0.162 e. The summed E-state index contributed by atoms with van der Waals surface area (Å²) in [5, 5.41) is 15.2. The standard InChI is InChI=1S/C13H23N3O3/c1-15(2)6-7-16-12(11(18-3)10-14-16)13(17)4-8-19-9-5-13/h10,17H,4-9H2,1-3H3. The van der Waals surface area contributed by atoms with Crippen LogP contribution in [0, 0.1) is 0 Å². The van der Waals surface area contributed by atoms with Gasteiger partial charge in [0.15, 0.2) is 5.75 Å². The smallest absolute Gasteiger partial charge is 0.162 e. The van der Waals surface area contributed by atoms with Crippen LogP contribution in [0.2, 0.25) is 0 Å². The fourth-order valence-corrected chi connectivity index (χ4v) is 2.40. The first-order valence-corrected chi connectivity index (χ1v) is 6.62. The van der Waals surface area contributed by atoms with Gasteiger partial charge in [-0.3, -0.25) is 4.68 Å². The number of aliphatic hydroxyl groups is 1. The van der Waals surface area contributed by atoms with Gasteiger partial charge in [0.1, 0.15) is 11.3 Å². The summed E-state index contributed by atoms with van der Waals surface area (Å²) in [5.41, 5.74) is -0.119. The van der Waals surface area contributed by atoms with Crippen LogP contribution in [0.5, 0.6) is 5.75 Å². The number of nitrogens with zero attached hydrogens (tertiary/aromatic N) is 3. The second-order valence-electron chi connectivity index (χ2n) is 5.23. The molecule has 0 unspecified atom stereocenters. The highest BCUT2D eigenvalue weighted by atomic mass is 16.5. The molecule has 1 N–H and O–H groups in total. The number of hydrogen-bond donors (Lipinski definition) is 1. The van der Waals surface area contributed by atoms with Gasteiger partial charge >= 0.3 is 0 Å². The summed E-state index contributed by atoms with van der Waals surface area (Å²) in [7, 11) is 5.65. The second kappa shape index (κ2) is 5.90. The first kappa shape index (κ1) is 14.3. The molecule has 0 saturated carbocycles. The Bertz CT molecular complexity index is 411. The van der Waals surface area contributed by atoms with Gasteiger partial charge in [-0.15, -0.1) is 0 Å². The number of aromatic nitrogens is 2. The normalized spacial score (nSPS) is 18.8. The number of hydrogen-bond acceptors (Lipinski definition) is 5. The van der Waals surface area contributed by atoms with E-state index in [1.807, 2.05) is 18.8 Å². The number of rotatable bonds is 5. The molecule has 0 atom stereocenters. The molecule has 0 spiro atoms. The molecule has 1 aliphatic heterocycles. The van der Waals surface area contributed by atoms with E-state index >= 15 is 0 Å². The second-order valence-corrected chi connectivity index (χ2v) is 5.23. The third-order valence-electron chi connectivity index (χ3n) is 3.55. The van der Waals surface area contributed by atoms with Gasteiger partial charge in [-0.25, -0.2) is 0 Å². The van der Waals surface area contributed by atoms with Crippen LogP contribution in [-0.4, -0.2) is 60.8 Å². The molecule has 6 heteroatoms. The molecule has 0 radical (unpaired) electrons. The number of likely N-dealkylation sites (N-methyl/N-ethyl adjacent to an activating group) is 1. The fraction of sp³-hybridized carbons (Fsp3) is 0.769. The van der Waals surface area contributed by atoms with E-state index in [-0.39, 0.29) is 0 Å². The molecule has 0 bridgehead atoms. The lowest BCUT2D eigenvalue weighted by Gasteiger charge is -2.33. The molecule has 1 aliphatic rings. The molecule has 1 saturated heterocycles. The van der Waals surface area contributed by atoms with Crippen molar-refractivity contribution in [2.75, 3.05) is 41.0 Å². The predicted octanol–water partition coefficient (Wildman–Crippen LogP) is 0.451. The molecule has 1 fully saturated rings. The Hall–Kier alpha value is -1.11. The van der Waals surface area contributed by atoms with Crippen molar-refractivity contribution in [3.05, 3.63) is 11.9 Å².